The van der Waals surface area contributed by atoms with E-state index in [0.29, 0.717) is 12.5 Å². The molecule has 1 amide bonds. The molecule has 7 heteroatoms. The molecule has 2 aliphatic rings. The summed E-state index contributed by atoms with van der Waals surface area (Å²) in [5, 5.41) is 20.4. The molecular formula is C10H15N5O2. The highest BCUT2D eigenvalue weighted by atomic mass is 16.3. The zero-order chi connectivity index (χ0) is 11.8. The van der Waals surface area contributed by atoms with E-state index in [1.165, 1.54) is 11.0 Å². The molecule has 0 aromatic carbocycles. The number of aliphatic hydroxyl groups is 1. The Morgan fingerprint density at radius 2 is 2.29 bits per heavy atom. The molecule has 1 aliphatic heterocycles. The Hall–Kier alpha value is -1.50. The van der Waals surface area contributed by atoms with E-state index >= 15 is 0 Å². The van der Waals surface area contributed by atoms with Crippen LogP contribution in [-0.2, 0) is 11.3 Å². The molecule has 7 nitrogen and oxygen atoms in total. The van der Waals surface area contributed by atoms with E-state index in [0.717, 1.165) is 19.4 Å². The number of hydrogen-bond acceptors (Lipinski definition) is 5. The number of hydrogen-bond donors (Lipinski definition) is 1. The lowest BCUT2D eigenvalue weighted by atomic mass is 10.00. The van der Waals surface area contributed by atoms with Gasteiger partial charge in [-0.15, -0.1) is 5.10 Å². The second-order valence-electron chi connectivity index (χ2n) is 4.87. The zero-order valence-electron chi connectivity index (χ0n) is 9.44. The van der Waals surface area contributed by atoms with Gasteiger partial charge in [0.25, 0.3) is 0 Å². The van der Waals surface area contributed by atoms with Crippen LogP contribution < -0.4 is 0 Å². The van der Waals surface area contributed by atoms with Crippen molar-refractivity contribution >= 4 is 5.91 Å². The molecule has 2 fully saturated rings. The number of amides is 1. The Morgan fingerprint density at radius 3 is 3.00 bits per heavy atom. The summed E-state index contributed by atoms with van der Waals surface area (Å²) in [6.45, 7) is 1.62. The third kappa shape index (κ3) is 1.90. The summed E-state index contributed by atoms with van der Waals surface area (Å²) in [5.74, 6) is 0.773. The van der Waals surface area contributed by atoms with Crippen molar-refractivity contribution < 1.29 is 9.90 Å². The summed E-state index contributed by atoms with van der Waals surface area (Å²) in [4.78, 5) is 13.8. The van der Waals surface area contributed by atoms with Gasteiger partial charge in [0.1, 0.15) is 12.9 Å². The van der Waals surface area contributed by atoms with Gasteiger partial charge in [-0.25, -0.2) is 4.68 Å². The summed E-state index contributed by atoms with van der Waals surface area (Å²) >= 11 is 0. The highest BCUT2D eigenvalue weighted by Gasteiger charge is 2.43. The van der Waals surface area contributed by atoms with E-state index in [1.54, 1.807) is 0 Å². The second-order valence-corrected chi connectivity index (χ2v) is 4.87. The lowest BCUT2D eigenvalue weighted by Crippen LogP contribution is -2.33. The molecule has 3 atom stereocenters. The average Bonchev–Trinajstić information content (AvgIpc) is 2.97. The number of carbonyl (C=O) groups excluding carboxylic acids is 1. The molecule has 1 aromatic heterocycles. The van der Waals surface area contributed by atoms with Crippen molar-refractivity contribution in [3.63, 3.8) is 0 Å². The van der Waals surface area contributed by atoms with Crippen LogP contribution in [0.2, 0.25) is 0 Å². The first-order valence-corrected chi connectivity index (χ1v) is 5.90. The molecule has 17 heavy (non-hydrogen) atoms. The van der Waals surface area contributed by atoms with Gasteiger partial charge in [-0.05, 0) is 29.2 Å². The van der Waals surface area contributed by atoms with Crippen molar-refractivity contribution in [3.8, 4) is 0 Å². The third-order valence-electron chi connectivity index (χ3n) is 3.86. The van der Waals surface area contributed by atoms with Crippen molar-refractivity contribution in [2.75, 3.05) is 13.1 Å². The van der Waals surface area contributed by atoms with Crippen molar-refractivity contribution in [2.45, 2.75) is 25.5 Å². The molecule has 1 aliphatic carbocycles. The quantitative estimate of drug-likeness (QED) is 0.706. The van der Waals surface area contributed by atoms with Crippen molar-refractivity contribution in [2.24, 2.45) is 11.8 Å². The summed E-state index contributed by atoms with van der Waals surface area (Å²) in [7, 11) is 0. The monoisotopic (exact) mass is 237 g/mol. The second kappa shape index (κ2) is 4.06. The molecule has 1 aromatic rings. The maximum atomic E-state index is 12.0. The van der Waals surface area contributed by atoms with E-state index in [1.807, 2.05) is 4.90 Å². The van der Waals surface area contributed by atoms with E-state index in [2.05, 4.69) is 15.5 Å². The molecule has 0 bridgehead atoms. The lowest BCUT2D eigenvalue weighted by Gasteiger charge is -2.18. The Balaban J connectivity index is 1.61. The maximum absolute atomic E-state index is 12.0. The van der Waals surface area contributed by atoms with Crippen LogP contribution in [0.5, 0.6) is 0 Å². The fourth-order valence-corrected chi connectivity index (χ4v) is 2.93. The van der Waals surface area contributed by atoms with Crippen LogP contribution in [0, 0.1) is 11.8 Å². The minimum Gasteiger partial charge on any atom is -0.393 e. The van der Waals surface area contributed by atoms with Gasteiger partial charge >= 0.3 is 0 Å². The number of tetrazole rings is 1. The normalized spacial score (nSPS) is 31.8. The number of aromatic nitrogens is 4. The SMILES string of the molecule is O=C(Cn1cnnn1)N1CC2CCC(O)C2C1. The van der Waals surface area contributed by atoms with E-state index < -0.39 is 0 Å². The van der Waals surface area contributed by atoms with Crippen molar-refractivity contribution in [1.82, 2.24) is 25.1 Å². The van der Waals surface area contributed by atoms with Gasteiger partial charge in [0, 0.05) is 19.0 Å². The van der Waals surface area contributed by atoms with Gasteiger partial charge in [-0.3, -0.25) is 4.79 Å². The average molecular weight is 237 g/mol. The third-order valence-corrected chi connectivity index (χ3v) is 3.86. The topological polar surface area (TPSA) is 84.1 Å². The first-order chi connectivity index (χ1) is 8.24. The van der Waals surface area contributed by atoms with Gasteiger partial charge in [0.05, 0.1) is 6.10 Å². The summed E-state index contributed by atoms with van der Waals surface area (Å²) < 4.78 is 1.42. The number of carbonyl (C=O) groups is 1. The lowest BCUT2D eigenvalue weighted by molar-refractivity contribution is -0.131. The van der Waals surface area contributed by atoms with Gasteiger partial charge < -0.3 is 10.0 Å². The van der Waals surface area contributed by atoms with Crippen LogP contribution >= 0.6 is 0 Å². The fraction of sp³-hybridized carbons (Fsp3) is 0.800. The van der Waals surface area contributed by atoms with Crippen LogP contribution in [0.25, 0.3) is 0 Å². The van der Waals surface area contributed by atoms with Crippen molar-refractivity contribution in [3.05, 3.63) is 6.33 Å². The highest BCUT2D eigenvalue weighted by Crippen LogP contribution is 2.38. The Labute approximate surface area is 98.4 Å². The molecule has 92 valence electrons. The van der Waals surface area contributed by atoms with Crippen LogP contribution in [-0.4, -0.2) is 55.3 Å². The van der Waals surface area contributed by atoms with Crippen molar-refractivity contribution in [1.29, 1.82) is 0 Å². The fourth-order valence-electron chi connectivity index (χ4n) is 2.93. The largest absolute Gasteiger partial charge is 0.393 e. The number of aliphatic hydroxyl groups excluding tert-OH is 1. The number of nitrogens with zero attached hydrogens (tertiary/aromatic N) is 5. The van der Waals surface area contributed by atoms with Crippen LogP contribution in [0.4, 0.5) is 0 Å². The Bertz CT molecular complexity index is 407. The minimum absolute atomic E-state index is 0.0268. The molecular weight excluding hydrogens is 222 g/mol. The molecule has 1 saturated carbocycles. The van der Waals surface area contributed by atoms with E-state index in [-0.39, 0.29) is 24.5 Å². The predicted octanol–water partition coefficient (Wildman–Crippen LogP) is -1.10. The van der Waals surface area contributed by atoms with Gasteiger partial charge in [0.15, 0.2) is 0 Å². The first-order valence-electron chi connectivity index (χ1n) is 5.90. The summed E-state index contributed by atoms with van der Waals surface area (Å²) in [5.41, 5.74) is 0. The number of fused-ring (bicyclic) bond motifs is 1. The van der Waals surface area contributed by atoms with Crippen LogP contribution in [0.15, 0.2) is 6.33 Å². The Kier molecular flexibility index (Phi) is 2.54. The Morgan fingerprint density at radius 1 is 1.41 bits per heavy atom. The molecule has 1 saturated heterocycles. The van der Waals surface area contributed by atoms with Gasteiger partial charge in [-0.1, -0.05) is 0 Å². The minimum atomic E-state index is -0.231. The maximum Gasteiger partial charge on any atom is 0.244 e. The van der Waals surface area contributed by atoms with E-state index in [9.17, 15) is 9.90 Å². The summed E-state index contributed by atoms with van der Waals surface area (Å²) in [6, 6.07) is 0. The zero-order valence-corrected chi connectivity index (χ0v) is 9.44. The molecule has 2 heterocycles. The predicted molar refractivity (Wildman–Crippen MR) is 56.6 cm³/mol. The van der Waals surface area contributed by atoms with Gasteiger partial charge in [0.2, 0.25) is 5.91 Å². The van der Waals surface area contributed by atoms with Gasteiger partial charge in [-0.2, -0.15) is 0 Å². The summed E-state index contributed by atoms with van der Waals surface area (Å²) in [6.07, 6.45) is 3.11. The molecule has 1 N–H and O–H groups in total. The van der Waals surface area contributed by atoms with Crippen LogP contribution in [0.1, 0.15) is 12.8 Å². The smallest absolute Gasteiger partial charge is 0.244 e. The van der Waals surface area contributed by atoms with E-state index in [4.69, 9.17) is 0 Å². The molecule has 3 rings (SSSR count). The number of rotatable bonds is 2. The first kappa shape index (κ1) is 10.6. The molecule has 3 unspecified atom stereocenters. The molecule has 0 radical (unpaired) electrons. The highest BCUT2D eigenvalue weighted by molar-refractivity contribution is 5.76. The standard InChI is InChI=1S/C10H15N5O2/c16-9-2-1-7-3-14(4-8(7)9)10(17)5-15-6-11-12-13-15/h6-9,16H,1-5H2. The molecule has 0 spiro atoms. The number of likely N-dealkylation sites (tertiary alicyclic amines) is 1. The van der Waals surface area contributed by atoms with Crippen LogP contribution in [0.3, 0.4) is 0 Å².